The van der Waals surface area contributed by atoms with Gasteiger partial charge in [0.05, 0.1) is 18.4 Å². The van der Waals surface area contributed by atoms with E-state index in [1.54, 1.807) is 4.90 Å². The molecule has 2 fully saturated rings. The van der Waals surface area contributed by atoms with Gasteiger partial charge in [0, 0.05) is 24.3 Å². The monoisotopic (exact) mass is 414 g/mol. The minimum absolute atomic E-state index is 0.0605. The van der Waals surface area contributed by atoms with Gasteiger partial charge in [-0.2, -0.15) is 0 Å². The third-order valence-electron chi connectivity index (χ3n) is 5.93. The van der Waals surface area contributed by atoms with Gasteiger partial charge >= 0.3 is 0 Å². The van der Waals surface area contributed by atoms with Crippen molar-refractivity contribution in [2.75, 3.05) is 18.4 Å². The Morgan fingerprint density at radius 2 is 2.07 bits per heavy atom. The first-order valence-electron chi connectivity index (χ1n) is 10.5. The largest absolute Gasteiger partial charge is 0.374 e. The number of pyridine rings is 1. The second-order valence-corrected chi connectivity index (χ2v) is 8.24. The van der Waals surface area contributed by atoms with Crippen LogP contribution in [0.1, 0.15) is 51.0 Å². The standard InChI is InChI=1S/C21H30N6O3/c1-13-4-2-5-14(10-13)26-21(30)17-6-3-9-27(17)18(28)12-25-16-11-24-8-7-15(16)19(22)20(23)29/h7-8,11,13-14,17,22,25H,2-6,9-10,12H2,1H3,(H2,23,29)(H,26,30)/t13-,14?,17-/m0/s1. The van der Waals surface area contributed by atoms with Gasteiger partial charge in [-0.3, -0.25) is 24.8 Å². The number of nitrogens with two attached hydrogens (primary N) is 1. The fraction of sp³-hybridized carbons (Fsp3) is 0.571. The molecule has 1 aromatic rings. The molecule has 5 N–H and O–H groups in total. The Labute approximate surface area is 176 Å². The summed E-state index contributed by atoms with van der Waals surface area (Å²) < 4.78 is 0. The van der Waals surface area contributed by atoms with Crippen LogP contribution in [0.5, 0.6) is 0 Å². The van der Waals surface area contributed by atoms with Crippen molar-refractivity contribution in [2.24, 2.45) is 11.7 Å². The van der Waals surface area contributed by atoms with Gasteiger partial charge in [0.15, 0.2) is 0 Å². The number of nitrogens with zero attached hydrogens (tertiary/aromatic N) is 2. The van der Waals surface area contributed by atoms with E-state index in [1.807, 2.05) is 0 Å². The molecule has 0 spiro atoms. The lowest BCUT2D eigenvalue weighted by molar-refractivity contribution is -0.137. The highest BCUT2D eigenvalue weighted by molar-refractivity contribution is 6.44. The molecule has 0 aromatic carbocycles. The molecule has 2 aliphatic rings. The summed E-state index contributed by atoms with van der Waals surface area (Å²) in [5.74, 6) is -0.520. The smallest absolute Gasteiger partial charge is 0.267 e. The van der Waals surface area contributed by atoms with Crippen molar-refractivity contribution in [3.63, 3.8) is 0 Å². The summed E-state index contributed by atoms with van der Waals surface area (Å²) in [6.07, 6.45) is 8.65. The van der Waals surface area contributed by atoms with Crippen LogP contribution in [0, 0.1) is 11.3 Å². The van der Waals surface area contributed by atoms with Gasteiger partial charge in [-0.05, 0) is 37.7 Å². The van der Waals surface area contributed by atoms with Crippen molar-refractivity contribution in [1.29, 1.82) is 5.41 Å². The summed E-state index contributed by atoms with van der Waals surface area (Å²) in [6, 6.07) is 1.24. The maximum Gasteiger partial charge on any atom is 0.267 e. The summed E-state index contributed by atoms with van der Waals surface area (Å²) in [5.41, 5.74) is 5.51. The van der Waals surface area contributed by atoms with Crippen LogP contribution in [0.2, 0.25) is 0 Å². The number of hydrogen-bond donors (Lipinski definition) is 4. The third kappa shape index (κ3) is 5.14. The van der Waals surface area contributed by atoms with Gasteiger partial charge in [0.1, 0.15) is 11.8 Å². The zero-order chi connectivity index (χ0) is 21.7. The minimum atomic E-state index is -0.858. The second-order valence-electron chi connectivity index (χ2n) is 8.24. The van der Waals surface area contributed by atoms with E-state index in [4.69, 9.17) is 11.1 Å². The lowest BCUT2D eigenvalue weighted by Crippen LogP contribution is -2.50. The number of nitrogens with one attached hydrogen (secondary N) is 3. The van der Waals surface area contributed by atoms with Crippen LogP contribution < -0.4 is 16.4 Å². The van der Waals surface area contributed by atoms with E-state index in [-0.39, 0.29) is 35.7 Å². The first kappa shape index (κ1) is 21.7. The van der Waals surface area contributed by atoms with E-state index in [0.29, 0.717) is 24.6 Å². The number of anilines is 1. The zero-order valence-electron chi connectivity index (χ0n) is 17.3. The molecule has 3 rings (SSSR count). The van der Waals surface area contributed by atoms with Crippen LogP contribution in [-0.4, -0.2) is 58.5 Å². The Bertz CT molecular complexity index is 827. The second kappa shape index (κ2) is 9.69. The molecule has 30 heavy (non-hydrogen) atoms. The third-order valence-corrected chi connectivity index (χ3v) is 5.93. The maximum atomic E-state index is 12.8. The molecule has 0 radical (unpaired) electrons. The first-order chi connectivity index (χ1) is 14.4. The van der Waals surface area contributed by atoms with E-state index in [2.05, 4.69) is 22.5 Å². The highest BCUT2D eigenvalue weighted by atomic mass is 16.2. The van der Waals surface area contributed by atoms with Crippen molar-refractivity contribution in [3.05, 3.63) is 24.0 Å². The summed E-state index contributed by atoms with van der Waals surface area (Å²) in [6.45, 7) is 2.69. The van der Waals surface area contributed by atoms with E-state index in [0.717, 1.165) is 25.7 Å². The fourth-order valence-corrected chi connectivity index (χ4v) is 4.36. The van der Waals surface area contributed by atoms with Crippen LogP contribution in [0.3, 0.4) is 0 Å². The Balaban J connectivity index is 1.59. The number of primary amides is 1. The Kier molecular flexibility index (Phi) is 7.02. The molecule has 1 saturated heterocycles. The van der Waals surface area contributed by atoms with Crippen molar-refractivity contribution >= 4 is 29.1 Å². The average molecular weight is 415 g/mol. The van der Waals surface area contributed by atoms with Gasteiger partial charge in [-0.15, -0.1) is 0 Å². The molecule has 1 aromatic heterocycles. The topological polar surface area (TPSA) is 141 Å². The van der Waals surface area contributed by atoms with Crippen LogP contribution in [0.25, 0.3) is 0 Å². The molecule has 1 unspecified atom stereocenters. The van der Waals surface area contributed by atoms with Crippen molar-refractivity contribution in [1.82, 2.24) is 15.2 Å². The first-order valence-corrected chi connectivity index (χ1v) is 10.5. The predicted molar refractivity (Wildman–Crippen MR) is 113 cm³/mol. The summed E-state index contributed by atoms with van der Waals surface area (Å²) in [7, 11) is 0. The molecule has 3 atom stereocenters. The molecule has 0 bridgehead atoms. The lowest BCUT2D eigenvalue weighted by Gasteiger charge is -2.30. The number of hydrogen-bond acceptors (Lipinski definition) is 6. The molecule has 162 valence electrons. The summed E-state index contributed by atoms with van der Waals surface area (Å²) in [5, 5.41) is 13.9. The molecular weight excluding hydrogens is 384 g/mol. The molecule has 1 saturated carbocycles. The van der Waals surface area contributed by atoms with Gasteiger partial charge in [-0.25, -0.2) is 0 Å². The van der Waals surface area contributed by atoms with Crippen molar-refractivity contribution < 1.29 is 14.4 Å². The highest BCUT2D eigenvalue weighted by Crippen LogP contribution is 2.25. The van der Waals surface area contributed by atoms with Crippen LogP contribution in [-0.2, 0) is 14.4 Å². The Hall–Kier alpha value is -2.97. The van der Waals surface area contributed by atoms with Gasteiger partial charge in [0.25, 0.3) is 5.91 Å². The summed E-state index contributed by atoms with van der Waals surface area (Å²) >= 11 is 0. The molecule has 9 nitrogen and oxygen atoms in total. The quantitative estimate of drug-likeness (QED) is 0.493. The lowest BCUT2D eigenvalue weighted by atomic mass is 9.87. The number of likely N-dealkylation sites (tertiary alicyclic amines) is 1. The number of carbonyl (C=O) groups excluding carboxylic acids is 3. The number of aromatic nitrogens is 1. The summed E-state index contributed by atoms with van der Waals surface area (Å²) in [4.78, 5) is 42.5. The number of rotatable bonds is 7. The van der Waals surface area contributed by atoms with E-state index < -0.39 is 11.9 Å². The SMILES string of the molecule is C[C@H]1CCCC(NC(=O)[C@@H]2CCCN2C(=O)CNc2cnccc2C(=N)C(N)=O)C1. The molecular formula is C21H30N6O3. The zero-order valence-corrected chi connectivity index (χ0v) is 17.3. The molecule has 3 amide bonds. The van der Waals surface area contributed by atoms with E-state index in [9.17, 15) is 14.4 Å². The molecule has 1 aliphatic heterocycles. The van der Waals surface area contributed by atoms with Crippen LogP contribution in [0.15, 0.2) is 18.5 Å². The normalized spacial score (nSPS) is 23.6. The van der Waals surface area contributed by atoms with Gasteiger partial charge < -0.3 is 21.3 Å². The average Bonchev–Trinajstić information content (AvgIpc) is 3.22. The Morgan fingerprint density at radius 3 is 2.80 bits per heavy atom. The van der Waals surface area contributed by atoms with E-state index >= 15 is 0 Å². The van der Waals surface area contributed by atoms with Crippen molar-refractivity contribution in [2.45, 2.75) is 57.5 Å². The minimum Gasteiger partial charge on any atom is -0.374 e. The van der Waals surface area contributed by atoms with Crippen molar-refractivity contribution in [3.8, 4) is 0 Å². The Morgan fingerprint density at radius 1 is 1.27 bits per heavy atom. The number of amides is 3. The fourth-order valence-electron chi connectivity index (χ4n) is 4.36. The highest BCUT2D eigenvalue weighted by Gasteiger charge is 2.35. The predicted octanol–water partition coefficient (Wildman–Crippen LogP) is 1.03. The van der Waals surface area contributed by atoms with Gasteiger partial charge in [-0.1, -0.05) is 19.8 Å². The van der Waals surface area contributed by atoms with Gasteiger partial charge in [0.2, 0.25) is 11.8 Å². The number of carbonyl (C=O) groups is 3. The molecule has 9 heteroatoms. The van der Waals surface area contributed by atoms with Crippen LogP contribution >= 0.6 is 0 Å². The van der Waals surface area contributed by atoms with E-state index in [1.165, 1.54) is 24.9 Å². The molecule has 2 heterocycles. The van der Waals surface area contributed by atoms with Crippen LogP contribution in [0.4, 0.5) is 5.69 Å². The maximum absolute atomic E-state index is 12.8. The molecule has 1 aliphatic carbocycles.